The molecule has 1 aromatic heterocycles. The van der Waals surface area contributed by atoms with E-state index in [1.165, 1.54) is 4.88 Å². The second-order valence-electron chi connectivity index (χ2n) is 5.09. The summed E-state index contributed by atoms with van der Waals surface area (Å²) in [5.74, 6) is 1.43. The number of ether oxygens (including phenoxy) is 1. The third-order valence-corrected chi connectivity index (χ3v) is 5.23. The highest BCUT2D eigenvalue weighted by molar-refractivity contribution is 9.11. The molecule has 1 aliphatic rings. The minimum absolute atomic E-state index is 0.171. The monoisotopic (exact) mass is 379 g/mol. The molecule has 0 spiro atoms. The summed E-state index contributed by atoms with van der Waals surface area (Å²) < 4.78 is 6.80. The van der Waals surface area contributed by atoms with Crippen LogP contribution in [-0.2, 0) is 6.42 Å². The minimum atomic E-state index is 0.171. The van der Waals surface area contributed by atoms with E-state index in [2.05, 4.69) is 44.4 Å². The molecule has 0 bridgehead atoms. The standard InChI is InChI=1S/C16H18BrN3OS/c17-15-6-5-11(22-15)7-9-19-16(18)20-13-8-10-21-14-4-2-1-3-12(13)14/h1-6,13H,7-10H2,(H3,18,19,20). The summed E-state index contributed by atoms with van der Waals surface area (Å²) in [4.78, 5) is 5.73. The van der Waals surface area contributed by atoms with E-state index in [1.807, 2.05) is 18.2 Å². The molecule has 1 unspecified atom stereocenters. The van der Waals surface area contributed by atoms with Crippen LogP contribution in [0.5, 0.6) is 5.75 Å². The molecule has 1 aromatic carbocycles. The summed E-state index contributed by atoms with van der Waals surface area (Å²) in [6.45, 7) is 1.39. The Bertz CT molecular complexity index is 671. The zero-order valence-electron chi connectivity index (χ0n) is 12.1. The molecular weight excluding hydrogens is 362 g/mol. The number of benzene rings is 1. The summed E-state index contributed by atoms with van der Waals surface area (Å²) in [6.07, 6.45) is 1.80. The van der Waals surface area contributed by atoms with E-state index in [4.69, 9.17) is 10.5 Å². The topological polar surface area (TPSA) is 59.6 Å². The van der Waals surface area contributed by atoms with Gasteiger partial charge >= 0.3 is 0 Å². The Balaban J connectivity index is 1.57. The summed E-state index contributed by atoms with van der Waals surface area (Å²) in [7, 11) is 0. The Morgan fingerprint density at radius 3 is 3.05 bits per heavy atom. The van der Waals surface area contributed by atoms with Crippen molar-refractivity contribution in [1.29, 1.82) is 0 Å². The van der Waals surface area contributed by atoms with E-state index in [0.29, 0.717) is 19.1 Å². The number of fused-ring (bicyclic) bond motifs is 1. The first-order valence-corrected chi connectivity index (χ1v) is 8.86. The molecule has 0 aliphatic carbocycles. The lowest BCUT2D eigenvalue weighted by Crippen LogP contribution is -2.37. The van der Waals surface area contributed by atoms with E-state index in [-0.39, 0.29) is 6.04 Å². The van der Waals surface area contributed by atoms with Gasteiger partial charge in [0.2, 0.25) is 0 Å². The number of guanidine groups is 1. The Morgan fingerprint density at radius 2 is 2.23 bits per heavy atom. The fourth-order valence-corrected chi connectivity index (χ4v) is 3.96. The second-order valence-corrected chi connectivity index (χ2v) is 7.64. The van der Waals surface area contributed by atoms with Gasteiger partial charge in [-0.3, -0.25) is 4.99 Å². The molecule has 22 heavy (non-hydrogen) atoms. The fraction of sp³-hybridized carbons (Fsp3) is 0.312. The average Bonchev–Trinajstić information content (AvgIpc) is 2.93. The number of nitrogens with two attached hydrogens (primary N) is 1. The third-order valence-electron chi connectivity index (χ3n) is 3.55. The molecule has 0 saturated carbocycles. The molecule has 116 valence electrons. The molecule has 2 aromatic rings. The molecule has 4 nitrogen and oxygen atoms in total. The molecule has 3 rings (SSSR count). The van der Waals surface area contributed by atoms with E-state index < -0.39 is 0 Å². The highest BCUT2D eigenvalue weighted by Crippen LogP contribution is 2.31. The smallest absolute Gasteiger partial charge is 0.189 e. The van der Waals surface area contributed by atoms with Gasteiger partial charge in [0.25, 0.3) is 0 Å². The van der Waals surface area contributed by atoms with Crippen molar-refractivity contribution in [2.45, 2.75) is 18.9 Å². The van der Waals surface area contributed by atoms with Crippen LogP contribution in [0.1, 0.15) is 22.9 Å². The van der Waals surface area contributed by atoms with E-state index >= 15 is 0 Å². The van der Waals surface area contributed by atoms with Gasteiger partial charge in [-0.1, -0.05) is 18.2 Å². The Kier molecular flexibility index (Phi) is 5.00. The number of rotatable bonds is 4. The van der Waals surface area contributed by atoms with Crippen LogP contribution in [0.15, 0.2) is 45.2 Å². The minimum Gasteiger partial charge on any atom is -0.493 e. The van der Waals surface area contributed by atoms with Crippen LogP contribution in [-0.4, -0.2) is 19.1 Å². The maximum Gasteiger partial charge on any atom is 0.189 e. The van der Waals surface area contributed by atoms with Crippen molar-refractivity contribution < 1.29 is 4.74 Å². The van der Waals surface area contributed by atoms with Gasteiger partial charge in [0, 0.05) is 29.8 Å². The number of hydrogen-bond donors (Lipinski definition) is 2. The molecule has 1 atom stereocenters. The molecular formula is C16H18BrN3OS. The quantitative estimate of drug-likeness (QED) is 0.631. The van der Waals surface area contributed by atoms with Gasteiger partial charge in [-0.05, 0) is 34.1 Å². The number of hydrogen-bond acceptors (Lipinski definition) is 3. The van der Waals surface area contributed by atoms with Crippen LogP contribution in [0.3, 0.4) is 0 Å². The second kappa shape index (κ2) is 7.15. The van der Waals surface area contributed by atoms with Crippen LogP contribution in [0.4, 0.5) is 0 Å². The van der Waals surface area contributed by atoms with Crippen molar-refractivity contribution >= 4 is 33.2 Å². The fourth-order valence-electron chi connectivity index (χ4n) is 2.49. The Morgan fingerprint density at radius 1 is 1.36 bits per heavy atom. The normalized spacial score (nSPS) is 17.7. The van der Waals surface area contributed by atoms with Gasteiger partial charge < -0.3 is 15.8 Å². The summed E-state index contributed by atoms with van der Waals surface area (Å²) in [6, 6.07) is 12.4. The van der Waals surface area contributed by atoms with E-state index in [9.17, 15) is 0 Å². The number of halogens is 1. The average molecular weight is 380 g/mol. The van der Waals surface area contributed by atoms with Crippen LogP contribution in [0.25, 0.3) is 0 Å². The lowest BCUT2D eigenvalue weighted by atomic mass is 10.0. The molecule has 3 N–H and O–H groups in total. The lowest BCUT2D eigenvalue weighted by molar-refractivity contribution is 0.262. The number of thiophene rings is 1. The zero-order chi connectivity index (χ0) is 15.4. The number of para-hydroxylation sites is 1. The molecule has 0 saturated heterocycles. The first-order chi connectivity index (χ1) is 10.7. The predicted octanol–water partition coefficient (Wildman–Crippen LogP) is 3.48. The first-order valence-electron chi connectivity index (χ1n) is 7.25. The van der Waals surface area contributed by atoms with Gasteiger partial charge in [-0.15, -0.1) is 11.3 Å². The predicted molar refractivity (Wildman–Crippen MR) is 94.6 cm³/mol. The Hall–Kier alpha value is -1.53. The number of aliphatic imine (C=N–C) groups is 1. The van der Waals surface area contributed by atoms with Gasteiger partial charge in [0.15, 0.2) is 5.96 Å². The highest BCUT2D eigenvalue weighted by Gasteiger charge is 2.21. The van der Waals surface area contributed by atoms with Gasteiger partial charge in [0.1, 0.15) is 5.75 Å². The molecule has 0 radical (unpaired) electrons. The van der Waals surface area contributed by atoms with Crippen LogP contribution in [0.2, 0.25) is 0 Å². The van der Waals surface area contributed by atoms with E-state index in [0.717, 1.165) is 27.9 Å². The molecule has 0 amide bonds. The van der Waals surface area contributed by atoms with Gasteiger partial charge in [-0.2, -0.15) is 0 Å². The van der Waals surface area contributed by atoms with Gasteiger partial charge in [-0.25, -0.2) is 0 Å². The first kappa shape index (κ1) is 15.4. The third kappa shape index (κ3) is 3.81. The summed E-state index contributed by atoms with van der Waals surface area (Å²) >= 11 is 5.20. The van der Waals surface area contributed by atoms with Crippen molar-refractivity contribution in [3.63, 3.8) is 0 Å². The van der Waals surface area contributed by atoms with Crippen molar-refractivity contribution in [3.05, 3.63) is 50.6 Å². The highest BCUT2D eigenvalue weighted by atomic mass is 79.9. The lowest BCUT2D eigenvalue weighted by Gasteiger charge is -2.26. The molecule has 1 aliphatic heterocycles. The summed E-state index contributed by atoms with van der Waals surface area (Å²) in [5.41, 5.74) is 7.17. The van der Waals surface area contributed by atoms with Crippen LogP contribution in [0, 0.1) is 0 Å². The number of nitrogens with zero attached hydrogens (tertiary/aromatic N) is 1. The number of nitrogens with one attached hydrogen (secondary N) is 1. The largest absolute Gasteiger partial charge is 0.493 e. The maximum atomic E-state index is 6.02. The SMILES string of the molecule is NC(=NCCc1ccc(Br)s1)NC1CCOc2ccccc21. The van der Waals surface area contributed by atoms with Crippen molar-refractivity contribution in [2.24, 2.45) is 10.7 Å². The molecule has 2 heterocycles. The molecule has 0 fully saturated rings. The summed E-state index contributed by atoms with van der Waals surface area (Å²) in [5, 5.41) is 3.31. The Labute approximate surface area is 142 Å². The molecule has 6 heteroatoms. The van der Waals surface area contributed by atoms with E-state index in [1.54, 1.807) is 11.3 Å². The van der Waals surface area contributed by atoms with Gasteiger partial charge in [0.05, 0.1) is 16.4 Å². The van der Waals surface area contributed by atoms with Crippen molar-refractivity contribution in [2.75, 3.05) is 13.2 Å². The maximum absolute atomic E-state index is 6.02. The zero-order valence-corrected chi connectivity index (χ0v) is 14.5. The van der Waals surface area contributed by atoms with Crippen molar-refractivity contribution in [3.8, 4) is 5.75 Å². The van der Waals surface area contributed by atoms with Crippen LogP contribution < -0.4 is 15.8 Å². The van der Waals surface area contributed by atoms with Crippen LogP contribution >= 0.6 is 27.3 Å². The van der Waals surface area contributed by atoms with Crippen molar-refractivity contribution in [1.82, 2.24) is 5.32 Å².